The number of nitrogens with one attached hydrogen (secondary N) is 1. The van der Waals surface area contributed by atoms with E-state index in [1.807, 2.05) is 6.07 Å². The largest absolute Gasteiger partial charge is 0.497 e. The Morgan fingerprint density at radius 1 is 0.974 bits per heavy atom. The molecule has 0 aliphatic heterocycles. The second-order valence-corrected chi connectivity index (χ2v) is 11.3. The Morgan fingerprint density at radius 3 is 2.31 bits per heavy atom. The summed E-state index contributed by atoms with van der Waals surface area (Å²) in [7, 11) is -2.69. The van der Waals surface area contributed by atoms with Crippen LogP contribution in [0.3, 0.4) is 0 Å². The fourth-order valence-corrected chi connectivity index (χ4v) is 6.11. The second kappa shape index (κ2) is 13.7. The predicted octanol–water partition coefficient (Wildman–Crippen LogP) is 5.14. The van der Waals surface area contributed by atoms with Gasteiger partial charge in [0.15, 0.2) is 0 Å². The molecule has 2 amide bonds. The van der Waals surface area contributed by atoms with Gasteiger partial charge in [0, 0.05) is 18.1 Å². The van der Waals surface area contributed by atoms with Crippen molar-refractivity contribution in [1.82, 2.24) is 10.2 Å². The highest BCUT2D eigenvalue weighted by atomic mass is 35.5. The summed E-state index contributed by atoms with van der Waals surface area (Å²) in [5, 5.41) is 3.15. The summed E-state index contributed by atoms with van der Waals surface area (Å²) >= 11 is 12.5. The smallest absolute Gasteiger partial charge is 0.264 e. The number of halogens is 2. The summed E-state index contributed by atoms with van der Waals surface area (Å²) in [6, 6.07) is 18.4. The fourth-order valence-electron chi connectivity index (χ4n) is 4.10. The van der Waals surface area contributed by atoms with Gasteiger partial charge < -0.3 is 15.0 Å². The third-order valence-corrected chi connectivity index (χ3v) is 8.32. The number of hydrogen-bond acceptors (Lipinski definition) is 5. The first-order valence-electron chi connectivity index (χ1n) is 12.3. The molecule has 0 aromatic heterocycles. The zero-order chi connectivity index (χ0) is 28.6. The van der Waals surface area contributed by atoms with Crippen LogP contribution in [0.4, 0.5) is 5.69 Å². The molecule has 8 nitrogen and oxygen atoms in total. The summed E-state index contributed by atoms with van der Waals surface area (Å²) < 4.78 is 33.9. The number of carbonyl (C=O) groups is 2. The number of benzene rings is 3. The number of anilines is 1. The van der Waals surface area contributed by atoms with Crippen molar-refractivity contribution in [3.05, 3.63) is 88.4 Å². The molecule has 0 heterocycles. The molecule has 11 heteroatoms. The van der Waals surface area contributed by atoms with Crippen molar-refractivity contribution < 1.29 is 22.7 Å². The third-order valence-electron chi connectivity index (χ3n) is 6.01. The molecule has 208 valence electrons. The van der Waals surface area contributed by atoms with E-state index in [0.29, 0.717) is 29.3 Å². The van der Waals surface area contributed by atoms with Crippen LogP contribution in [0.5, 0.6) is 5.75 Å². The maximum atomic E-state index is 14.0. The number of rotatable bonds is 12. The zero-order valence-corrected chi connectivity index (χ0v) is 24.3. The lowest BCUT2D eigenvalue weighted by molar-refractivity contribution is -0.140. The van der Waals surface area contributed by atoms with Gasteiger partial charge >= 0.3 is 0 Å². The first-order chi connectivity index (χ1) is 18.6. The lowest BCUT2D eigenvalue weighted by Gasteiger charge is -2.33. The molecule has 3 aromatic rings. The van der Waals surface area contributed by atoms with E-state index >= 15 is 0 Å². The Labute approximate surface area is 239 Å². The summed E-state index contributed by atoms with van der Waals surface area (Å²) in [6.07, 6.45) is 0.314. The van der Waals surface area contributed by atoms with E-state index in [-0.39, 0.29) is 28.1 Å². The topological polar surface area (TPSA) is 96.0 Å². The van der Waals surface area contributed by atoms with E-state index in [4.69, 9.17) is 27.9 Å². The van der Waals surface area contributed by atoms with Gasteiger partial charge in [-0.15, -0.1) is 0 Å². The summed E-state index contributed by atoms with van der Waals surface area (Å²) in [4.78, 5) is 28.4. The van der Waals surface area contributed by atoms with E-state index in [0.717, 1.165) is 4.31 Å². The molecule has 0 bridgehead atoms. The van der Waals surface area contributed by atoms with Gasteiger partial charge in [0.1, 0.15) is 18.3 Å². The van der Waals surface area contributed by atoms with Gasteiger partial charge in [-0.05, 0) is 61.4 Å². The lowest BCUT2D eigenvalue weighted by atomic mass is 10.1. The SMILES string of the molecule is CCNC(=O)C(CC)N(Cc1cccc(OC)c1)C(=O)CN(c1ccc(Cl)cc1Cl)S(=O)(=O)c1ccccc1. The minimum Gasteiger partial charge on any atom is -0.497 e. The van der Waals surface area contributed by atoms with Crippen LogP contribution in [0, 0.1) is 0 Å². The summed E-state index contributed by atoms with van der Waals surface area (Å²) in [5.41, 5.74) is 0.804. The number of sulfonamides is 1. The maximum Gasteiger partial charge on any atom is 0.264 e. The molecule has 0 aliphatic carbocycles. The standard InChI is InChI=1S/C28H31Cl2N3O5S/c1-4-25(28(35)31-5-2)32(18-20-10-9-11-22(16-20)38-3)27(34)19-33(26-15-14-21(29)17-24(26)30)39(36,37)23-12-7-6-8-13-23/h6-17,25H,4-5,18-19H2,1-3H3,(H,31,35). The van der Waals surface area contributed by atoms with Gasteiger partial charge in [-0.25, -0.2) is 8.42 Å². The highest BCUT2D eigenvalue weighted by Gasteiger charge is 2.34. The number of likely N-dealkylation sites (N-methyl/N-ethyl adjacent to an activating group) is 1. The van der Waals surface area contributed by atoms with Gasteiger partial charge in [0.25, 0.3) is 10.0 Å². The lowest BCUT2D eigenvalue weighted by Crippen LogP contribution is -2.52. The van der Waals surface area contributed by atoms with E-state index in [9.17, 15) is 18.0 Å². The quantitative estimate of drug-likeness (QED) is 0.314. The Bertz CT molecular complexity index is 1400. The van der Waals surface area contributed by atoms with Gasteiger partial charge in [-0.1, -0.05) is 60.5 Å². The summed E-state index contributed by atoms with van der Waals surface area (Å²) in [6.45, 7) is 3.42. The number of carbonyl (C=O) groups excluding carboxylic acids is 2. The van der Waals surface area contributed by atoms with Crippen molar-refractivity contribution in [3.8, 4) is 5.75 Å². The van der Waals surface area contributed by atoms with Crippen LogP contribution in [0.15, 0.2) is 77.7 Å². The molecule has 0 radical (unpaired) electrons. The van der Waals surface area contributed by atoms with Crippen molar-refractivity contribution in [2.45, 2.75) is 37.8 Å². The monoisotopic (exact) mass is 591 g/mol. The van der Waals surface area contributed by atoms with Gasteiger partial charge in [-0.3, -0.25) is 13.9 Å². The highest BCUT2D eigenvalue weighted by molar-refractivity contribution is 7.92. The molecule has 0 saturated heterocycles. The van der Waals surface area contributed by atoms with E-state index in [1.54, 1.807) is 50.2 Å². The Hall–Kier alpha value is -3.27. The van der Waals surface area contributed by atoms with Crippen molar-refractivity contribution in [2.24, 2.45) is 0 Å². The average molecular weight is 593 g/mol. The Morgan fingerprint density at radius 2 is 1.69 bits per heavy atom. The minimum atomic E-state index is -4.23. The Kier molecular flexibility index (Phi) is 10.6. The van der Waals surface area contributed by atoms with E-state index in [1.165, 1.54) is 42.3 Å². The Balaban J connectivity index is 2.09. The predicted molar refractivity (Wildman–Crippen MR) is 154 cm³/mol. The number of nitrogens with zero attached hydrogens (tertiary/aromatic N) is 2. The average Bonchev–Trinajstić information content (AvgIpc) is 2.92. The second-order valence-electron chi connectivity index (χ2n) is 8.61. The summed E-state index contributed by atoms with van der Waals surface area (Å²) in [5.74, 6) is -0.327. The van der Waals surface area contributed by atoms with Gasteiger partial charge in [0.2, 0.25) is 11.8 Å². The zero-order valence-electron chi connectivity index (χ0n) is 21.9. The van der Waals surface area contributed by atoms with Crippen molar-refractivity contribution >= 4 is 50.7 Å². The molecule has 0 saturated carbocycles. The molecule has 3 rings (SSSR count). The van der Waals surface area contributed by atoms with Crippen LogP contribution in [0.1, 0.15) is 25.8 Å². The van der Waals surface area contributed by atoms with Crippen molar-refractivity contribution in [2.75, 3.05) is 24.5 Å². The first-order valence-corrected chi connectivity index (χ1v) is 14.5. The van der Waals surface area contributed by atoms with Crippen LogP contribution in [-0.2, 0) is 26.2 Å². The third kappa shape index (κ3) is 7.44. The normalized spacial score (nSPS) is 11.9. The number of ether oxygens (including phenoxy) is 1. The van der Waals surface area contributed by atoms with Crippen LogP contribution >= 0.6 is 23.2 Å². The first kappa shape index (κ1) is 30.3. The molecule has 1 atom stereocenters. The van der Waals surface area contributed by atoms with Gasteiger partial charge in [-0.2, -0.15) is 0 Å². The molecule has 1 unspecified atom stereocenters. The molecule has 1 N–H and O–H groups in total. The molecular formula is C28H31Cl2N3O5S. The van der Waals surface area contributed by atoms with Crippen LogP contribution in [0.25, 0.3) is 0 Å². The number of hydrogen-bond donors (Lipinski definition) is 1. The number of methoxy groups -OCH3 is 1. The van der Waals surface area contributed by atoms with Crippen LogP contribution < -0.4 is 14.4 Å². The van der Waals surface area contributed by atoms with Crippen LogP contribution in [-0.4, -0.2) is 51.4 Å². The molecule has 0 fully saturated rings. The molecule has 0 spiro atoms. The van der Waals surface area contributed by atoms with Crippen LogP contribution in [0.2, 0.25) is 10.0 Å². The minimum absolute atomic E-state index is 0.0149. The van der Waals surface area contributed by atoms with E-state index < -0.39 is 28.5 Å². The van der Waals surface area contributed by atoms with Crippen molar-refractivity contribution in [1.29, 1.82) is 0 Å². The maximum absolute atomic E-state index is 14.0. The van der Waals surface area contributed by atoms with Gasteiger partial charge in [0.05, 0.1) is 22.7 Å². The molecule has 3 aromatic carbocycles. The molecular weight excluding hydrogens is 561 g/mol. The van der Waals surface area contributed by atoms with Crippen molar-refractivity contribution in [3.63, 3.8) is 0 Å². The fraction of sp³-hybridized carbons (Fsp3) is 0.286. The van der Waals surface area contributed by atoms with E-state index in [2.05, 4.69) is 5.32 Å². The molecule has 0 aliphatic rings. The highest BCUT2D eigenvalue weighted by Crippen LogP contribution is 2.33. The molecule has 39 heavy (non-hydrogen) atoms. The number of amides is 2.